The summed E-state index contributed by atoms with van der Waals surface area (Å²) in [5.41, 5.74) is 0.981. The Balaban J connectivity index is 1.76. The topological polar surface area (TPSA) is 50.6 Å². The monoisotopic (exact) mass is 307 g/mol. The van der Waals surface area contributed by atoms with Gasteiger partial charge in [-0.05, 0) is 26.0 Å². The van der Waals surface area contributed by atoms with Crippen LogP contribution in [0.25, 0.3) is 0 Å². The minimum Gasteiger partial charge on any atom is -0.370 e. The number of amides is 1. The first-order valence-electron chi connectivity index (χ1n) is 8.28. The molecule has 1 aliphatic heterocycles. The molecule has 2 rings (SSSR count). The standard InChI is InChI=1S/C17H27N3O2/c1-15(2)20(16-6-4-3-5-7-16)17(21)14-18-8-9-19-10-12-22-13-11-19/h3-7,15,18H,8-14H2,1-2H3/p+2. The molecule has 1 aliphatic rings. The summed E-state index contributed by atoms with van der Waals surface area (Å²) >= 11 is 0. The van der Waals surface area contributed by atoms with Crippen LogP contribution < -0.4 is 15.1 Å². The fourth-order valence-electron chi connectivity index (χ4n) is 2.86. The summed E-state index contributed by atoms with van der Waals surface area (Å²) in [5, 5.41) is 2.13. The van der Waals surface area contributed by atoms with Gasteiger partial charge >= 0.3 is 0 Å². The highest BCUT2D eigenvalue weighted by Gasteiger charge is 2.20. The van der Waals surface area contributed by atoms with Crippen molar-refractivity contribution in [2.45, 2.75) is 19.9 Å². The van der Waals surface area contributed by atoms with E-state index in [2.05, 4.69) is 19.2 Å². The Morgan fingerprint density at radius 1 is 1.27 bits per heavy atom. The van der Waals surface area contributed by atoms with Gasteiger partial charge in [0.05, 0.1) is 13.2 Å². The predicted octanol–water partition coefficient (Wildman–Crippen LogP) is -1.09. The van der Waals surface area contributed by atoms with Crippen molar-refractivity contribution in [2.75, 3.05) is 50.8 Å². The van der Waals surface area contributed by atoms with Crippen LogP contribution in [0.5, 0.6) is 0 Å². The minimum absolute atomic E-state index is 0.174. The van der Waals surface area contributed by atoms with E-state index in [-0.39, 0.29) is 11.9 Å². The molecule has 0 bridgehead atoms. The largest absolute Gasteiger partial charge is 0.370 e. The summed E-state index contributed by atoms with van der Waals surface area (Å²) in [7, 11) is 0. The number of para-hydroxylation sites is 1. The summed E-state index contributed by atoms with van der Waals surface area (Å²) in [5.74, 6) is 0.179. The predicted molar refractivity (Wildman–Crippen MR) is 87.1 cm³/mol. The first-order valence-corrected chi connectivity index (χ1v) is 8.28. The second-order valence-corrected chi connectivity index (χ2v) is 6.09. The van der Waals surface area contributed by atoms with Crippen molar-refractivity contribution in [3.05, 3.63) is 30.3 Å². The van der Waals surface area contributed by atoms with Gasteiger partial charge in [0.15, 0.2) is 6.54 Å². The zero-order valence-electron chi connectivity index (χ0n) is 13.8. The third kappa shape index (κ3) is 5.09. The molecule has 5 heteroatoms. The Morgan fingerprint density at radius 2 is 1.95 bits per heavy atom. The quantitative estimate of drug-likeness (QED) is 0.629. The van der Waals surface area contributed by atoms with Gasteiger partial charge in [-0.2, -0.15) is 0 Å². The molecule has 0 radical (unpaired) electrons. The van der Waals surface area contributed by atoms with Gasteiger partial charge in [0.25, 0.3) is 5.91 Å². The van der Waals surface area contributed by atoms with Crippen molar-refractivity contribution in [3.63, 3.8) is 0 Å². The number of nitrogens with one attached hydrogen (secondary N) is 1. The molecular weight excluding hydrogens is 278 g/mol. The summed E-state index contributed by atoms with van der Waals surface area (Å²) in [6.45, 7) is 10.6. The molecule has 1 heterocycles. The third-order valence-corrected chi connectivity index (χ3v) is 4.04. The van der Waals surface area contributed by atoms with Gasteiger partial charge in [0, 0.05) is 11.7 Å². The van der Waals surface area contributed by atoms with Crippen LogP contribution in [-0.2, 0) is 9.53 Å². The minimum atomic E-state index is 0.174. The Hall–Kier alpha value is -1.43. The summed E-state index contributed by atoms with van der Waals surface area (Å²) in [6.07, 6.45) is 0. The van der Waals surface area contributed by atoms with Gasteiger partial charge in [-0.15, -0.1) is 0 Å². The molecule has 5 nitrogen and oxygen atoms in total. The fourth-order valence-corrected chi connectivity index (χ4v) is 2.86. The van der Waals surface area contributed by atoms with E-state index in [1.165, 1.54) is 0 Å². The zero-order chi connectivity index (χ0) is 15.8. The van der Waals surface area contributed by atoms with Crippen molar-refractivity contribution < 1.29 is 19.7 Å². The van der Waals surface area contributed by atoms with Gasteiger partial charge in [0.1, 0.15) is 26.2 Å². The second kappa shape index (κ2) is 8.88. The SMILES string of the molecule is CC(C)N(C(=O)C[NH2+]CC[NH+]1CCOCC1)c1ccccc1. The van der Waals surface area contributed by atoms with Gasteiger partial charge in [-0.3, -0.25) is 4.79 Å². The van der Waals surface area contributed by atoms with E-state index in [4.69, 9.17) is 4.74 Å². The molecule has 0 atom stereocenters. The molecule has 1 amide bonds. The normalized spacial score (nSPS) is 16.0. The molecule has 1 saturated heterocycles. The number of anilines is 1. The fraction of sp³-hybridized carbons (Fsp3) is 0.588. The first-order chi connectivity index (χ1) is 10.7. The molecule has 0 saturated carbocycles. The van der Waals surface area contributed by atoms with Gasteiger partial charge in [-0.25, -0.2) is 0 Å². The van der Waals surface area contributed by atoms with Crippen molar-refractivity contribution in [2.24, 2.45) is 0 Å². The molecule has 0 unspecified atom stereocenters. The van der Waals surface area contributed by atoms with Crippen molar-refractivity contribution in [3.8, 4) is 0 Å². The summed E-state index contributed by atoms with van der Waals surface area (Å²) in [4.78, 5) is 16.0. The highest BCUT2D eigenvalue weighted by molar-refractivity contribution is 5.94. The Labute approximate surface area is 133 Å². The molecule has 122 valence electrons. The molecular formula is C17H29N3O2+2. The van der Waals surface area contributed by atoms with Crippen LogP contribution in [0.15, 0.2) is 30.3 Å². The number of hydrogen-bond acceptors (Lipinski definition) is 2. The van der Waals surface area contributed by atoms with Crippen LogP contribution in [0.4, 0.5) is 5.69 Å². The molecule has 3 N–H and O–H groups in total. The number of ether oxygens (including phenoxy) is 1. The number of carbonyl (C=O) groups excluding carboxylic acids is 1. The molecule has 0 aliphatic carbocycles. The van der Waals surface area contributed by atoms with Crippen LogP contribution in [0.1, 0.15) is 13.8 Å². The number of rotatable bonds is 7. The number of carbonyl (C=O) groups is 1. The Bertz CT molecular complexity index is 444. The number of morpholine rings is 1. The Morgan fingerprint density at radius 3 is 2.59 bits per heavy atom. The van der Waals surface area contributed by atoms with Gasteiger partial charge in [-0.1, -0.05) is 18.2 Å². The van der Waals surface area contributed by atoms with Crippen molar-refractivity contribution in [1.29, 1.82) is 0 Å². The highest BCUT2D eigenvalue weighted by atomic mass is 16.5. The number of hydrogen-bond donors (Lipinski definition) is 2. The lowest BCUT2D eigenvalue weighted by atomic mass is 10.2. The maximum Gasteiger partial charge on any atom is 0.282 e. The first kappa shape index (κ1) is 16.9. The molecule has 22 heavy (non-hydrogen) atoms. The van der Waals surface area contributed by atoms with Crippen LogP contribution in [0.2, 0.25) is 0 Å². The maximum absolute atomic E-state index is 12.5. The van der Waals surface area contributed by atoms with Crippen LogP contribution in [0.3, 0.4) is 0 Å². The lowest BCUT2D eigenvalue weighted by Crippen LogP contribution is -3.16. The number of nitrogens with two attached hydrogens (primary N) is 1. The molecule has 1 aromatic carbocycles. The van der Waals surface area contributed by atoms with E-state index in [0.29, 0.717) is 6.54 Å². The van der Waals surface area contributed by atoms with E-state index in [0.717, 1.165) is 45.1 Å². The van der Waals surface area contributed by atoms with Crippen LogP contribution in [0, 0.1) is 0 Å². The molecule has 0 spiro atoms. The van der Waals surface area contributed by atoms with E-state index in [9.17, 15) is 4.79 Å². The van der Waals surface area contributed by atoms with E-state index in [1.54, 1.807) is 4.90 Å². The lowest BCUT2D eigenvalue weighted by molar-refractivity contribution is -0.919. The highest BCUT2D eigenvalue weighted by Crippen LogP contribution is 2.15. The van der Waals surface area contributed by atoms with Gasteiger partial charge < -0.3 is 19.9 Å². The summed E-state index contributed by atoms with van der Waals surface area (Å²) < 4.78 is 5.36. The Kier molecular flexibility index (Phi) is 6.83. The summed E-state index contributed by atoms with van der Waals surface area (Å²) in [6, 6.07) is 10.1. The maximum atomic E-state index is 12.5. The van der Waals surface area contributed by atoms with Crippen molar-refractivity contribution >= 4 is 11.6 Å². The van der Waals surface area contributed by atoms with Crippen molar-refractivity contribution in [1.82, 2.24) is 0 Å². The van der Waals surface area contributed by atoms with E-state index < -0.39 is 0 Å². The average Bonchev–Trinajstić information content (AvgIpc) is 2.53. The van der Waals surface area contributed by atoms with E-state index in [1.807, 2.05) is 35.2 Å². The van der Waals surface area contributed by atoms with Crippen LogP contribution in [-0.4, -0.2) is 57.9 Å². The lowest BCUT2D eigenvalue weighted by Gasteiger charge is -2.26. The molecule has 0 aromatic heterocycles. The van der Waals surface area contributed by atoms with Gasteiger partial charge in [0.2, 0.25) is 0 Å². The molecule has 1 aromatic rings. The smallest absolute Gasteiger partial charge is 0.282 e. The number of quaternary nitrogens is 2. The average molecular weight is 307 g/mol. The third-order valence-electron chi connectivity index (χ3n) is 4.04. The number of nitrogens with zero attached hydrogens (tertiary/aromatic N) is 1. The van der Waals surface area contributed by atoms with E-state index >= 15 is 0 Å². The zero-order valence-corrected chi connectivity index (χ0v) is 13.8. The molecule has 1 fully saturated rings. The number of benzene rings is 1. The second-order valence-electron chi connectivity index (χ2n) is 6.09. The van der Waals surface area contributed by atoms with Crippen LogP contribution >= 0.6 is 0 Å².